The molecule has 0 amide bonds. The average Bonchev–Trinajstić information content (AvgIpc) is 3.11. The van der Waals surface area contributed by atoms with E-state index >= 15 is 0 Å². The fraction of sp³-hybridized carbons (Fsp3) is 0.0270. The Morgan fingerprint density at radius 3 is 0.543 bits per heavy atom. The molecule has 0 aliphatic rings. The molecular formula is C37H37P3S6. The minimum atomic E-state index is -1.61. The van der Waals surface area contributed by atoms with Crippen LogP contribution in [0.15, 0.2) is 211 Å². The van der Waals surface area contributed by atoms with Crippen LogP contribution in [0.1, 0.15) is 0 Å². The van der Waals surface area contributed by atoms with Gasteiger partial charge in [0, 0.05) is 0 Å². The van der Waals surface area contributed by atoms with Gasteiger partial charge in [-0.1, -0.05) is 0 Å². The van der Waals surface area contributed by atoms with Crippen LogP contribution in [0.25, 0.3) is 0 Å². The molecule has 236 valence electrons. The van der Waals surface area contributed by atoms with Gasteiger partial charge in [0.1, 0.15) is 0 Å². The Morgan fingerprint density at radius 1 is 0.239 bits per heavy atom. The Hall–Kier alpha value is -1.29. The summed E-state index contributed by atoms with van der Waals surface area (Å²) in [5, 5.41) is 0.668. The molecule has 0 nitrogen and oxygen atoms in total. The monoisotopic (exact) mass is 766 g/mol. The fourth-order valence-electron chi connectivity index (χ4n) is 4.73. The second-order valence-corrected chi connectivity index (χ2v) is 37.4. The molecule has 0 atom stereocenters. The molecule has 0 unspecified atom stereocenters. The first-order chi connectivity index (χ1) is 22.8. The van der Waals surface area contributed by atoms with Crippen LogP contribution in [0, 0.1) is 0 Å². The summed E-state index contributed by atoms with van der Waals surface area (Å²) in [5.41, 5.74) is 0. The zero-order chi connectivity index (χ0) is 31.2. The molecule has 0 heterocycles. The molecule has 6 aromatic rings. The van der Waals surface area contributed by atoms with Crippen LogP contribution in [0.3, 0.4) is 0 Å². The molecule has 0 fully saturated rings. The standard InChI is InChI=1S/C37H37P3S6/c1-7-19-31(20-8-1)41-38(42-32-21-9-2-10-22-32)37(39(43-33-23-11-3-12-24-33)44-34-25-13-4-14-26-34)40(45-35-27-15-5-16-28-35)46-36-29-17-6-18-30-36/h1-30,37H,38-40H2. The van der Waals surface area contributed by atoms with Crippen molar-refractivity contribution in [1.29, 1.82) is 0 Å². The maximum atomic E-state index is 2.32. The summed E-state index contributed by atoms with van der Waals surface area (Å²) >= 11 is 13.3. The Kier molecular flexibility index (Phi) is 14.3. The van der Waals surface area contributed by atoms with Gasteiger partial charge in [-0.05, 0) is 0 Å². The number of hydrogen-bond acceptors (Lipinski definition) is 6. The van der Waals surface area contributed by atoms with Gasteiger partial charge in [0.05, 0.1) is 0 Å². The molecule has 0 N–H and O–H groups in total. The van der Waals surface area contributed by atoms with Crippen molar-refractivity contribution in [1.82, 2.24) is 0 Å². The van der Waals surface area contributed by atoms with Crippen LogP contribution in [0.5, 0.6) is 0 Å². The number of benzene rings is 6. The Morgan fingerprint density at radius 2 is 0.391 bits per heavy atom. The molecule has 0 bridgehead atoms. The third kappa shape index (κ3) is 10.9. The van der Waals surface area contributed by atoms with Crippen molar-refractivity contribution in [3.8, 4) is 0 Å². The SMILES string of the molecule is c1ccc(S[PH2](Sc2ccccc2)C([PH2](Sc2ccccc2)Sc2ccccc2)[PH2](Sc2ccccc2)Sc2ccccc2)cc1. The molecule has 0 saturated heterocycles. The van der Waals surface area contributed by atoms with Crippen molar-refractivity contribution >= 4 is 87.3 Å². The van der Waals surface area contributed by atoms with Crippen LogP contribution in [0.2, 0.25) is 0 Å². The Bertz CT molecular complexity index is 1370. The van der Waals surface area contributed by atoms with E-state index in [0.29, 0.717) is 5.14 Å². The van der Waals surface area contributed by atoms with Crippen molar-refractivity contribution in [2.45, 2.75) is 34.5 Å². The first kappa shape index (κ1) is 34.6. The molecule has 9 heteroatoms. The van der Waals surface area contributed by atoms with Gasteiger partial charge in [0.25, 0.3) is 0 Å². The van der Waals surface area contributed by atoms with Crippen molar-refractivity contribution in [3.05, 3.63) is 182 Å². The average molecular weight is 767 g/mol. The molecule has 0 aliphatic heterocycles. The van der Waals surface area contributed by atoms with Crippen LogP contribution >= 0.6 is 87.3 Å². The topological polar surface area (TPSA) is 0 Å². The van der Waals surface area contributed by atoms with Gasteiger partial charge >= 0.3 is 304 Å². The molecule has 0 radical (unpaired) electrons. The molecule has 6 rings (SSSR count). The fourth-order valence-corrected chi connectivity index (χ4v) is 66.8. The zero-order valence-electron chi connectivity index (χ0n) is 25.1. The molecule has 0 aliphatic carbocycles. The van der Waals surface area contributed by atoms with E-state index in [9.17, 15) is 0 Å². The van der Waals surface area contributed by atoms with Gasteiger partial charge in [0.2, 0.25) is 0 Å². The van der Waals surface area contributed by atoms with Crippen molar-refractivity contribution < 1.29 is 0 Å². The van der Waals surface area contributed by atoms with E-state index in [1.54, 1.807) is 0 Å². The number of rotatable bonds is 15. The Balaban J connectivity index is 1.50. The predicted molar refractivity (Wildman–Crippen MR) is 227 cm³/mol. The van der Waals surface area contributed by atoms with Crippen LogP contribution in [-0.4, -0.2) is 5.14 Å². The van der Waals surface area contributed by atoms with E-state index in [-0.39, 0.29) is 0 Å². The van der Waals surface area contributed by atoms with E-state index in [4.69, 9.17) is 0 Å². The van der Waals surface area contributed by atoms with Crippen LogP contribution < -0.4 is 0 Å². The summed E-state index contributed by atoms with van der Waals surface area (Å²) in [5.74, 6) is 0. The normalized spacial score (nSPS) is 12.7. The second kappa shape index (κ2) is 19.0. The maximum absolute atomic E-state index is 2.32. The number of hydrogen-bond donors (Lipinski definition) is 0. The zero-order valence-corrected chi connectivity index (χ0v) is 33.4. The first-order valence-corrected chi connectivity index (χ1v) is 30.9. The van der Waals surface area contributed by atoms with E-state index < -0.39 is 19.0 Å². The van der Waals surface area contributed by atoms with Crippen molar-refractivity contribution in [2.75, 3.05) is 0 Å². The van der Waals surface area contributed by atoms with Crippen LogP contribution in [-0.2, 0) is 0 Å². The first-order valence-electron chi connectivity index (χ1n) is 15.1. The van der Waals surface area contributed by atoms with Crippen molar-refractivity contribution in [3.63, 3.8) is 0 Å². The molecule has 0 saturated carbocycles. The molecule has 0 spiro atoms. The summed E-state index contributed by atoms with van der Waals surface area (Å²) in [6.07, 6.45) is -4.83. The van der Waals surface area contributed by atoms with E-state index in [1.165, 1.54) is 29.4 Å². The molecule has 0 aromatic heterocycles. The molecule has 6 aromatic carbocycles. The summed E-state index contributed by atoms with van der Waals surface area (Å²) in [6, 6.07) is 67.2. The quantitative estimate of drug-likeness (QED) is 0.0948. The molecule has 46 heavy (non-hydrogen) atoms. The van der Waals surface area contributed by atoms with Crippen LogP contribution in [0.4, 0.5) is 0 Å². The third-order valence-corrected chi connectivity index (χ3v) is 50.4. The molecular weight excluding hydrogens is 730 g/mol. The third-order valence-electron chi connectivity index (χ3n) is 6.92. The Labute approximate surface area is 301 Å². The minimum absolute atomic E-state index is 0.668. The predicted octanol–water partition coefficient (Wildman–Crippen LogP) is 14.4. The van der Waals surface area contributed by atoms with Crippen molar-refractivity contribution in [2.24, 2.45) is 0 Å². The van der Waals surface area contributed by atoms with Gasteiger partial charge in [-0.3, -0.25) is 0 Å². The summed E-state index contributed by atoms with van der Waals surface area (Å²) in [7, 11) is 0. The van der Waals surface area contributed by atoms with Gasteiger partial charge in [-0.25, -0.2) is 0 Å². The van der Waals surface area contributed by atoms with E-state index in [0.717, 1.165) is 0 Å². The summed E-state index contributed by atoms with van der Waals surface area (Å²) in [6.45, 7) is 0. The summed E-state index contributed by atoms with van der Waals surface area (Å²) < 4.78 is 0. The van der Waals surface area contributed by atoms with Gasteiger partial charge in [-0.2, -0.15) is 0 Å². The summed E-state index contributed by atoms with van der Waals surface area (Å²) in [4.78, 5) is 8.40. The van der Waals surface area contributed by atoms with Gasteiger partial charge in [0.15, 0.2) is 0 Å². The van der Waals surface area contributed by atoms with E-state index in [2.05, 4.69) is 250 Å². The van der Waals surface area contributed by atoms with Gasteiger partial charge < -0.3 is 0 Å². The van der Waals surface area contributed by atoms with Gasteiger partial charge in [-0.15, -0.1) is 0 Å². The van der Waals surface area contributed by atoms with E-state index in [1.807, 2.05) is 0 Å². The second-order valence-electron chi connectivity index (χ2n) is 10.3.